The van der Waals surface area contributed by atoms with Crippen LogP contribution in [0.3, 0.4) is 0 Å². The smallest absolute Gasteiger partial charge is 0.407 e. The molecule has 3 rings (SSSR count). The molecular weight excluding hydrogens is 470 g/mol. The Bertz CT molecular complexity index is 893. The zero-order chi connectivity index (χ0) is 27.2. The number of likely N-dealkylation sites (N-methyl/N-ethyl adjacent to an activating group) is 2. The Balaban J connectivity index is 1.78. The number of hydrogen-bond donors (Lipinski definition) is 2. The van der Waals surface area contributed by atoms with Crippen LogP contribution in [-0.4, -0.2) is 77.0 Å². The van der Waals surface area contributed by atoms with Crippen molar-refractivity contribution in [2.75, 3.05) is 40.3 Å². The Morgan fingerprint density at radius 3 is 2.65 bits per heavy atom. The predicted molar refractivity (Wildman–Crippen MR) is 144 cm³/mol. The van der Waals surface area contributed by atoms with Gasteiger partial charge < -0.3 is 25.0 Å². The summed E-state index contributed by atoms with van der Waals surface area (Å²) in [4.78, 5) is 27.9. The summed E-state index contributed by atoms with van der Waals surface area (Å²) >= 11 is 0. The minimum Gasteiger partial charge on any atom is -0.465 e. The first-order chi connectivity index (χ1) is 17.5. The molecule has 2 heterocycles. The number of nitrogens with zero attached hydrogens (tertiary/aromatic N) is 4. The zero-order valence-electron chi connectivity index (χ0n) is 23.8. The van der Waals surface area contributed by atoms with Gasteiger partial charge in [-0.05, 0) is 63.3 Å². The van der Waals surface area contributed by atoms with Crippen LogP contribution in [0.2, 0.25) is 0 Å². The van der Waals surface area contributed by atoms with Gasteiger partial charge in [0.2, 0.25) is 5.91 Å². The molecule has 2 unspecified atom stereocenters. The topological polar surface area (TPSA) is 99.9 Å². The van der Waals surface area contributed by atoms with E-state index < -0.39 is 6.09 Å². The van der Waals surface area contributed by atoms with Gasteiger partial charge in [-0.25, -0.2) is 9.48 Å². The molecule has 2 amide bonds. The Hall–Kier alpha value is -2.13. The van der Waals surface area contributed by atoms with Crippen LogP contribution in [0.4, 0.5) is 4.79 Å². The molecule has 2 N–H and O–H groups in total. The van der Waals surface area contributed by atoms with Crippen molar-refractivity contribution in [2.45, 2.75) is 91.3 Å². The SMILES string of the molecule is CC(C)CCNC(=O)[C@@H]1CC(c2nn(C3CCCCO3)cc2CN(C)CCN(C)C(=O)O)CCC1(C)C. The van der Waals surface area contributed by atoms with Gasteiger partial charge in [0.05, 0.1) is 5.69 Å². The minimum atomic E-state index is -0.918. The molecule has 2 fully saturated rings. The summed E-state index contributed by atoms with van der Waals surface area (Å²) in [5, 5.41) is 17.5. The number of nitrogens with one attached hydrogen (secondary N) is 1. The van der Waals surface area contributed by atoms with E-state index in [-0.39, 0.29) is 29.4 Å². The number of hydrogen-bond acceptors (Lipinski definition) is 5. The van der Waals surface area contributed by atoms with Crippen molar-refractivity contribution in [3.05, 3.63) is 17.5 Å². The van der Waals surface area contributed by atoms with Crippen LogP contribution < -0.4 is 5.32 Å². The molecule has 1 saturated carbocycles. The number of rotatable bonds is 11. The second-order valence-corrected chi connectivity index (χ2v) is 12.3. The lowest BCUT2D eigenvalue weighted by Crippen LogP contribution is -2.43. The highest BCUT2D eigenvalue weighted by molar-refractivity contribution is 5.79. The van der Waals surface area contributed by atoms with Gasteiger partial charge in [0.15, 0.2) is 0 Å². The van der Waals surface area contributed by atoms with Crippen molar-refractivity contribution in [1.29, 1.82) is 0 Å². The quantitative estimate of drug-likeness (QED) is 0.440. The molecule has 1 saturated heterocycles. The average molecular weight is 520 g/mol. The van der Waals surface area contributed by atoms with E-state index >= 15 is 0 Å². The zero-order valence-corrected chi connectivity index (χ0v) is 23.8. The third-order valence-corrected chi connectivity index (χ3v) is 8.20. The van der Waals surface area contributed by atoms with Crippen LogP contribution in [0.5, 0.6) is 0 Å². The first-order valence-corrected chi connectivity index (χ1v) is 14.1. The summed E-state index contributed by atoms with van der Waals surface area (Å²) in [6.45, 7) is 12.0. The second kappa shape index (κ2) is 13.1. The fourth-order valence-corrected chi connectivity index (χ4v) is 5.53. The maximum atomic E-state index is 13.3. The lowest BCUT2D eigenvalue weighted by atomic mass is 9.64. The third kappa shape index (κ3) is 8.18. The van der Waals surface area contributed by atoms with Crippen LogP contribution in [0.1, 0.15) is 96.0 Å². The van der Waals surface area contributed by atoms with E-state index in [4.69, 9.17) is 9.84 Å². The number of carbonyl (C=O) groups is 2. The fourth-order valence-electron chi connectivity index (χ4n) is 5.53. The first kappa shape index (κ1) is 29.4. The van der Waals surface area contributed by atoms with Crippen LogP contribution in [0, 0.1) is 17.3 Å². The monoisotopic (exact) mass is 519 g/mol. The lowest BCUT2D eigenvalue weighted by molar-refractivity contribution is -0.130. The fraction of sp³-hybridized carbons (Fsp3) is 0.821. The first-order valence-electron chi connectivity index (χ1n) is 14.1. The van der Waals surface area contributed by atoms with E-state index in [1.165, 1.54) is 4.90 Å². The number of aromatic nitrogens is 2. The highest BCUT2D eigenvalue weighted by atomic mass is 16.5. The van der Waals surface area contributed by atoms with Gasteiger partial charge in [-0.2, -0.15) is 5.10 Å². The van der Waals surface area contributed by atoms with Gasteiger partial charge >= 0.3 is 6.09 Å². The molecular formula is C28H49N5O4. The summed E-state index contributed by atoms with van der Waals surface area (Å²) in [6.07, 6.45) is 8.10. The van der Waals surface area contributed by atoms with Gasteiger partial charge in [-0.3, -0.25) is 4.79 Å². The number of carboxylic acid groups (broad SMARTS) is 1. The van der Waals surface area contributed by atoms with Crippen LogP contribution in [-0.2, 0) is 16.1 Å². The molecule has 0 bridgehead atoms. The molecule has 1 aliphatic heterocycles. The Morgan fingerprint density at radius 1 is 1.24 bits per heavy atom. The minimum absolute atomic E-state index is 0.0418. The van der Waals surface area contributed by atoms with Crippen LogP contribution in [0.25, 0.3) is 0 Å². The van der Waals surface area contributed by atoms with E-state index in [2.05, 4.69) is 44.1 Å². The second-order valence-electron chi connectivity index (χ2n) is 12.3. The van der Waals surface area contributed by atoms with Crippen LogP contribution >= 0.6 is 0 Å². The molecule has 0 radical (unpaired) electrons. The number of carbonyl (C=O) groups excluding carboxylic acids is 1. The van der Waals surface area contributed by atoms with Gasteiger partial charge in [0.1, 0.15) is 6.23 Å². The predicted octanol–water partition coefficient (Wildman–Crippen LogP) is 4.70. The normalized spacial score (nSPS) is 23.8. The largest absolute Gasteiger partial charge is 0.465 e. The van der Waals surface area contributed by atoms with E-state index in [0.717, 1.165) is 69.4 Å². The van der Waals surface area contributed by atoms with Crippen molar-refractivity contribution in [3.8, 4) is 0 Å². The molecule has 0 aromatic carbocycles. The summed E-state index contributed by atoms with van der Waals surface area (Å²) in [5.74, 6) is 0.891. The molecule has 9 heteroatoms. The molecule has 1 aromatic heterocycles. The Kier molecular flexibility index (Phi) is 10.4. The average Bonchev–Trinajstić information content (AvgIpc) is 3.26. The van der Waals surface area contributed by atoms with Crippen molar-refractivity contribution < 1.29 is 19.4 Å². The summed E-state index contributed by atoms with van der Waals surface area (Å²) < 4.78 is 8.04. The molecule has 210 valence electrons. The summed E-state index contributed by atoms with van der Waals surface area (Å²) in [6, 6.07) is 0. The van der Waals surface area contributed by atoms with Crippen molar-refractivity contribution in [1.82, 2.24) is 24.9 Å². The third-order valence-electron chi connectivity index (χ3n) is 8.20. The molecule has 9 nitrogen and oxygen atoms in total. The van der Waals surface area contributed by atoms with Gasteiger partial charge in [0.25, 0.3) is 0 Å². The molecule has 1 aliphatic carbocycles. The molecule has 37 heavy (non-hydrogen) atoms. The molecule has 2 aliphatic rings. The number of amides is 2. The molecule has 3 atom stereocenters. The van der Waals surface area contributed by atoms with Gasteiger partial charge in [-0.15, -0.1) is 0 Å². The highest BCUT2D eigenvalue weighted by Crippen LogP contribution is 2.47. The highest BCUT2D eigenvalue weighted by Gasteiger charge is 2.42. The maximum absolute atomic E-state index is 13.3. The van der Waals surface area contributed by atoms with Crippen molar-refractivity contribution in [2.24, 2.45) is 17.3 Å². The van der Waals surface area contributed by atoms with E-state index in [9.17, 15) is 14.7 Å². The van der Waals surface area contributed by atoms with E-state index in [0.29, 0.717) is 25.6 Å². The van der Waals surface area contributed by atoms with E-state index in [1.807, 2.05) is 11.7 Å². The van der Waals surface area contributed by atoms with Crippen molar-refractivity contribution in [3.63, 3.8) is 0 Å². The maximum Gasteiger partial charge on any atom is 0.407 e. The van der Waals surface area contributed by atoms with Crippen LogP contribution in [0.15, 0.2) is 6.20 Å². The lowest BCUT2D eigenvalue weighted by Gasteiger charge is -2.41. The number of ether oxygens (including phenoxy) is 1. The van der Waals surface area contributed by atoms with Gasteiger partial charge in [-0.1, -0.05) is 27.7 Å². The van der Waals surface area contributed by atoms with Crippen molar-refractivity contribution >= 4 is 12.0 Å². The van der Waals surface area contributed by atoms with E-state index in [1.54, 1.807) is 7.05 Å². The Morgan fingerprint density at radius 2 is 2.00 bits per heavy atom. The summed E-state index contributed by atoms with van der Waals surface area (Å²) in [5.41, 5.74) is 2.17. The van der Waals surface area contributed by atoms with Gasteiger partial charge in [0, 0.05) is 63.4 Å². The molecule has 0 spiro atoms. The Labute approximate surface area is 222 Å². The summed E-state index contributed by atoms with van der Waals surface area (Å²) in [7, 11) is 3.61. The standard InChI is InChI=1S/C28H49N5O4/c1-20(2)11-13-29-26(34)23-17-21(10-12-28(23,3)4)25-22(18-31(5)14-15-32(6)27(35)36)19-33(30-25)24-9-7-8-16-37-24/h19-21,23-24H,7-18H2,1-6H3,(H,29,34)(H,35,36)/t21?,23-,24?/m0/s1. The molecule has 1 aromatic rings.